The van der Waals surface area contributed by atoms with E-state index in [0.29, 0.717) is 29.0 Å². The van der Waals surface area contributed by atoms with Crippen LogP contribution in [0.25, 0.3) is 0 Å². The third kappa shape index (κ3) is 4.20. The molecule has 1 heterocycles. The van der Waals surface area contributed by atoms with E-state index in [1.165, 1.54) is 32.1 Å². The molecule has 0 unspecified atom stereocenters. The van der Waals surface area contributed by atoms with Crippen LogP contribution in [0.4, 0.5) is 0 Å². The van der Waals surface area contributed by atoms with Crippen molar-refractivity contribution in [2.24, 2.45) is 11.3 Å². The Morgan fingerprint density at radius 3 is 1.95 bits per heavy atom. The van der Waals surface area contributed by atoms with Crippen LogP contribution in [0.2, 0.25) is 0 Å². The van der Waals surface area contributed by atoms with Crippen molar-refractivity contribution in [3.8, 4) is 0 Å². The zero-order chi connectivity index (χ0) is 14.8. The number of rotatable bonds is 4. The van der Waals surface area contributed by atoms with Gasteiger partial charge in [-0.1, -0.05) is 27.2 Å². The predicted octanol–water partition coefficient (Wildman–Crippen LogP) is 3.15. The minimum absolute atomic E-state index is 0.378. The summed E-state index contributed by atoms with van der Waals surface area (Å²) in [5, 5.41) is 3.72. The maximum Gasteiger partial charge on any atom is 0.150 e. The lowest BCUT2D eigenvalue weighted by Crippen LogP contribution is -2.45. The minimum atomic E-state index is -2.73. The molecule has 1 saturated heterocycles. The molecule has 4 heteroatoms. The molecule has 0 atom stereocenters. The van der Waals surface area contributed by atoms with E-state index in [-0.39, 0.29) is 0 Å². The van der Waals surface area contributed by atoms with E-state index in [1.807, 2.05) is 0 Å². The molecule has 118 valence electrons. The zero-order valence-electron chi connectivity index (χ0n) is 13.3. The Kier molecular flexibility index (Phi) is 5.17. The predicted molar refractivity (Wildman–Crippen MR) is 84.6 cm³/mol. The monoisotopic (exact) mass is 301 g/mol. The van der Waals surface area contributed by atoms with Gasteiger partial charge in [-0.15, -0.1) is 0 Å². The molecule has 1 aliphatic carbocycles. The maximum absolute atomic E-state index is 11.4. The van der Waals surface area contributed by atoms with Gasteiger partial charge in [0.15, 0.2) is 0 Å². The molecule has 1 N–H and O–H groups in total. The van der Waals surface area contributed by atoms with Crippen molar-refractivity contribution in [3.63, 3.8) is 0 Å². The Labute approximate surface area is 124 Å². The van der Waals surface area contributed by atoms with Gasteiger partial charge in [-0.2, -0.15) is 0 Å². The van der Waals surface area contributed by atoms with Gasteiger partial charge >= 0.3 is 0 Å². The van der Waals surface area contributed by atoms with Crippen LogP contribution < -0.4 is 5.32 Å². The first-order valence-corrected chi connectivity index (χ1v) is 10.1. The van der Waals surface area contributed by atoms with Crippen LogP contribution in [0.15, 0.2) is 0 Å². The van der Waals surface area contributed by atoms with Crippen molar-refractivity contribution in [3.05, 3.63) is 0 Å². The molecule has 0 amide bonds. The molecule has 0 aromatic carbocycles. The quantitative estimate of drug-likeness (QED) is 0.867. The van der Waals surface area contributed by atoms with E-state index < -0.39 is 9.84 Å². The average molecular weight is 301 g/mol. The summed E-state index contributed by atoms with van der Waals surface area (Å²) in [4.78, 5) is 0. The van der Waals surface area contributed by atoms with Crippen LogP contribution >= 0.6 is 0 Å². The van der Waals surface area contributed by atoms with Crippen molar-refractivity contribution < 1.29 is 8.42 Å². The maximum atomic E-state index is 11.4. The summed E-state index contributed by atoms with van der Waals surface area (Å²) in [6, 6.07) is 1.05. The summed E-state index contributed by atoms with van der Waals surface area (Å²) in [5.74, 6) is 1.61. The standard InChI is InChI=1S/C16H31NO2S/c1-4-16(2,3)13-5-7-14(8-6-13)17-15-9-11-20(18,19)12-10-15/h13-15,17H,4-12H2,1-3H3. The lowest BCUT2D eigenvalue weighted by atomic mass is 9.69. The molecule has 3 nitrogen and oxygen atoms in total. The number of hydrogen-bond donors (Lipinski definition) is 1. The average Bonchev–Trinajstić information content (AvgIpc) is 2.42. The molecular formula is C16H31NO2S. The zero-order valence-corrected chi connectivity index (χ0v) is 14.1. The first kappa shape index (κ1) is 16.3. The van der Waals surface area contributed by atoms with E-state index in [1.54, 1.807) is 0 Å². The molecule has 2 aliphatic rings. The summed E-state index contributed by atoms with van der Waals surface area (Å²) >= 11 is 0. The van der Waals surface area contributed by atoms with Crippen molar-refractivity contribution in [1.82, 2.24) is 5.32 Å². The Morgan fingerprint density at radius 1 is 0.950 bits per heavy atom. The van der Waals surface area contributed by atoms with Gasteiger partial charge in [-0.3, -0.25) is 0 Å². The van der Waals surface area contributed by atoms with E-state index in [4.69, 9.17) is 0 Å². The van der Waals surface area contributed by atoms with Crippen LogP contribution in [0.3, 0.4) is 0 Å². The molecule has 0 aromatic heterocycles. The van der Waals surface area contributed by atoms with Crippen molar-refractivity contribution >= 4 is 9.84 Å². The van der Waals surface area contributed by atoms with E-state index in [2.05, 4.69) is 26.1 Å². The second-order valence-corrected chi connectivity index (χ2v) is 9.79. The van der Waals surface area contributed by atoms with Crippen LogP contribution in [0, 0.1) is 11.3 Å². The van der Waals surface area contributed by atoms with Crippen molar-refractivity contribution in [2.45, 2.75) is 77.8 Å². The lowest BCUT2D eigenvalue weighted by molar-refractivity contribution is 0.133. The highest BCUT2D eigenvalue weighted by molar-refractivity contribution is 7.91. The van der Waals surface area contributed by atoms with Crippen molar-refractivity contribution in [1.29, 1.82) is 0 Å². The van der Waals surface area contributed by atoms with Gasteiger partial charge < -0.3 is 5.32 Å². The van der Waals surface area contributed by atoms with Crippen molar-refractivity contribution in [2.75, 3.05) is 11.5 Å². The molecule has 0 radical (unpaired) electrons. The molecule has 1 aliphatic heterocycles. The summed E-state index contributed by atoms with van der Waals surface area (Å²) in [5.41, 5.74) is 0.476. The first-order valence-electron chi connectivity index (χ1n) is 8.29. The number of sulfone groups is 1. The van der Waals surface area contributed by atoms with E-state index in [9.17, 15) is 8.42 Å². The molecule has 2 fully saturated rings. The Balaban J connectivity index is 1.75. The summed E-state index contributed by atoms with van der Waals surface area (Å²) < 4.78 is 22.9. The smallest absolute Gasteiger partial charge is 0.150 e. The summed E-state index contributed by atoms with van der Waals surface area (Å²) in [7, 11) is -2.73. The van der Waals surface area contributed by atoms with Gasteiger partial charge in [-0.05, 0) is 49.9 Å². The number of hydrogen-bond acceptors (Lipinski definition) is 3. The second kappa shape index (κ2) is 6.35. The Morgan fingerprint density at radius 2 is 1.45 bits per heavy atom. The molecule has 0 spiro atoms. The normalized spacial score (nSPS) is 32.1. The molecule has 0 aromatic rings. The fraction of sp³-hybridized carbons (Fsp3) is 1.00. The Hall–Kier alpha value is -0.0900. The molecular weight excluding hydrogens is 270 g/mol. The largest absolute Gasteiger partial charge is 0.311 e. The topological polar surface area (TPSA) is 46.2 Å². The van der Waals surface area contributed by atoms with Gasteiger partial charge in [0.25, 0.3) is 0 Å². The van der Waals surface area contributed by atoms with Crippen LogP contribution in [-0.2, 0) is 9.84 Å². The molecule has 0 bridgehead atoms. The third-order valence-corrected chi connectivity index (χ3v) is 7.49. The van der Waals surface area contributed by atoms with Crippen LogP contribution in [0.5, 0.6) is 0 Å². The molecule has 1 saturated carbocycles. The van der Waals surface area contributed by atoms with Crippen LogP contribution in [-0.4, -0.2) is 32.0 Å². The third-order valence-electron chi connectivity index (χ3n) is 5.77. The SMILES string of the molecule is CCC(C)(C)C1CCC(NC2CCS(=O)(=O)CC2)CC1. The lowest BCUT2D eigenvalue weighted by Gasteiger charge is -2.40. The highest BCUT2D eigenvalue weighted by Crippen LogP contribution is 2.40. The van der Waals surface area contributed by atoms with E-state index >= 15 is 0 Å². The molecule has 20 heavy (non-hydrogen) atoms. The molecule has 2 rings (SSSR count). The summed E-state index contributed by atoms with van der Waals surface area (Å²) in [6.07, 6.45) is 8.05. The van der Waals surface area contributed by atoms with Gasteiger partial charge in [0.05, 0.1) is 11.5 Å². The highest BCUT2D eigenvalue weighted by Gasteiger charge is 2.33. The number of nitrogens with one attached hydrogen (secondary N) is 1. The highest BCUT2D eigenvalue weighted by atomic mass is 32.2. The fourth-order valence-corrected chi connectivity index (χ4v) is 5.21. The minimum Gasteiger partial charge on any atom is -0.311 e. The Bertz CT molecular complexity index is 394. The van der Waals surface area contributed by atoms with Gasteiger partial charge in [-0.25, -0.2) is 8.42 Å². The van der Waals surface area contributed by atoms with Gasteiger partial charge in [0.2, 0.25) is 0 Å². The van der Waals surface area contributed by atoms with Gasteiger partial charge in [0.1, 0.15) is 9.84 Å². The van der Waals surface area contributed by atoms with Crippen LogP contribution in [0.1, 0.15) is 65.7 Å². The van der Waals surface area contributed by atoms with Gasteiger partial charge in [0, 0.05) is 12.1 Å². The second-order valence-electron chi connectivity index (χ2n) is 7.48. The van der Waals surface area contributed by atoms with E-state index in [0.717, 1.165) is 18.8 Å². The first-order chi connectivity index (χ1) is 9.32. The summed E-state index contributed by atoms with van der Waals surface area (Å²) in [6.45, 7) is 7.10. The fourth-order valence-electron chi connectivity index (χ4n) is 3.72.